The fraction of sp³-hybridized carbons (Fsp3) is 0.188. The Kier molecular flexibility index (Phi) is 4.57. The van der Waals surface area contributed by atoms with Gasteiger partial charge in [-0.15, -0.1) is 0 Å². The molecule has 24 heavy (non-hydrogen) atoms. The Hall–Kier alpha value is -2.74. The Bertz CT molecular complexity index is 879. The molecule has 2 N–H and O–H groups in total. The summed E-state index contributed by atoms with van der Waals surface area (Å²) in [5, 5.41) is 2.75. The summed E-state index contributed by atoms with van der Waals surface area (Å²) in [6.07, 6.45) is 4.11. The summed E-state index contributed by atoms with van der Waals surface area (Å²) in [6.45, 7) is 0.330. The van der Waals surface area contributed by atoms with E-state index in [9.17, 15) is 13.2 Å². The maximum absolute atomic E-state index is 11.9. The lowest BCUT2D eigenvalue weighted by atomic mass is 10.2. The third-order valence-corrected chi connectivity index (χ3v) is 4.90. The monoisotopic (exact) mass is 344 g/mol. The summed E-state index contributed by atoms with van der Waals surface area (Å²) in [7, 11) is -3.58. The second-order valence-electron chi connectivity index (χ2n) is 5.23. The second kappa shape index (κ2) is 6.79. The van der Waals surface area contributed by atoms with Crippen molar-refractivity contribution in [1.82, 2.24) is 15.0 Å². The number of rotatable bonds is 5. The first-order valence-electron chi connectivity index (χ1n) is 7.38. The lowest BCUT2D eigenvalue weighted by Crippen LogP contribution is -2.29. The van der Waals surface area contributed by atoms with E-state index in [-0.39, 0.29) is 23.2 Å². The van der Waals surface area contributed by atoms with Crippen LogP contribution in [-0.4, -0.2) is 38.2 Å². The molecule has 1 amide bonds. The molecule has 2 aromatic rings. The molecule has 2 heterocycles. The lowest BCUT2D eigenvalue weighted by molar-refractivity contribution is -0.119. The van der Waals surface area contributed by atoms with Gasteiger partial charge in [-0.1, -0.05) is 18.2 Å². The zero-order valence-corrected chi connectivity index (χ0v) is 13.6. The quantitative estimate of drug-likeness (QED) is 0.824. The van der Waals surface area contributed by atoms with Gasteiger partial charge < -0.3 is 5.32 Å². The van der Waals surface area contributed by atoms with Crippen LogP contribution in [0.2, 0.25) is 0 Å². The molecule has 124 valence electrons. The molecule has 1 aromatic heterocycles. The van der Waals surface area contributed by atoms with Crippen LogP contribution in [-0.2, 0) is 21.2 Å². The van der Waals surface area contributed by atoms with Crippen LogP contribution in [0.25, 0.3) is 0 Å². The molecule has 0 aliphatic carbocycles. The SMILES string of the molecule is O=C(CN=C1NS(=O)(=O)c2ccccc21)NCCc1cccnc1. The van der Waals surface area contributed by atoms with Crippen molar-refractivity contribution in [1.29, 1.82) is 0 Å². The Morgan fingerprint density at radius 3 is 2.83 bits per heavy atom. The minimum Gasteiger partial charge on any atom is -0.354 e. The minimum atomic E-state index is -3.58. The number of carbonyl (C=O) groups is 1. The summed E-state index contributed by atoms with van der Waals surface area (Å²) in [5.74, 6) is -0.0667. The topological polar surface area (TPSA) is 101 Å². The van der Waals surface area contributed by atoms with Gasteiger partial charge in [0.05, 0.1) is 4.90 Å². The van der Waals surface area contributed by atoms with E-state index < -0.39 is 10.0 Å². The van der Waals surface area contributed by atoms with Crippen LogP contribution in [0.5, 0.6) is 0 Å². The zero-order chi connectivity index (χ0) is 17.0. The van der Waals surface area contributed by atoms with E-state index in [1.54, 1.807) is 30.6 Å². The fourth-order valence-electron chi connectivity index (χ4n) is 2.35. The van der Waals surface area contributed by atoms with E-state index in [2.05, 4.69) is 20.0 Å². The summed E-state index contributed by atoms with van der Waals surface area (Å²) < 4.78 is 26.2. The van der Waals surface area contributed by atoms with Crippen molar-refractivity contribution in [2.24, 2.45) is 4.99 Å². The normalized spacial score (nSPS) is 16.4. The molecule has 0 fully saturated rings. The highest BCUT2D eigenvalue weighted by molar-refractivity contribution is 7.90. The van der Waals surface area contributed by atoms with E-state index in [0.717, 1.165) is 5.56 Å². The summed E-state index contributed by atoms with van der Waals surface area (Å²) in [6, 6.07) is 10.3. The number of nitrogens with zero attached hydrogens (tertiary/aromatic N) is 2. The van der Waals surface area contributed by atoms with E-state index in [1.165, 1.54) is 6.07 Å². The number of aromatic nitrogens is 1. The summed E-state index contributed by atoms with van der Waals surface area (Å²) in [4.78, 5) is 20.1. The number of aliphatic imine (C=N–C) groups is 1. The van der Waals surface area contributed by atoms with Crippen LogP contribution in [0.15, 0.2) is 58.7 Å². The maximum atomic E-state index is 11.9. The average molecular weight is 344 g/mol. The van der Waals surface area contributed by atoms with Gasteiger partial charge in [-0.3, -0.25) is 19.5 Å². The number of hydrogen-bond acceptors (Lipinski definition) is 5. The molecule has 0 spiro atoms. The van der Waals surface area contributed by atoms with Gasteiger partial charge in [-0.05, 0) is 30.2 Å². The first-order valence-corrected chi connectivity index (χ1v) is 8.87. The Morgan fingerprint density at radius 2 is 2.04 bits per heavy atom. The number of pyridine rings is 1. The first kappa shape index (κ1) is 16.1. The molecule has 0 radical (unpaired) electrons. The van der Waals surface area contributed by atoms with Crippen molar-refractivity contribution in [3.8, 4) is 0 Å². The predicted octanol–water partition coefficient (Wildman–Crippen LogP) is 0.479. The fourth-order valence-corrected chi connectivity index (χ4v) is 3.60. The van der Waals surface area contributed by atoms with Gasteiger partial charge in [0.15, 0.2) is 0 Å². The molecule has 0 atom stereocenters. The molecular weight excluding hydrogens is 328 g/mol. The molecule has 0 saturated heterocycles. The highest BCUT2D eigenvalue weighted by Crippen LogP contribution is 2.21. The third-order valence-electron chi connectivity index (χ3n) is 3.50. The molecule has 0 saturated carbocycles. The van der Waals surface area contributed by atoms with Crippen molar-refractivity contribution in [2.75, 3.05) is 13.1 Å². The van der Waals surface area contributed by atoms with Crippen LogP contribution in [0.1, 0.15) is 11.1 Å². The molecule has 8 heteroatoms. The third kappa shape index (κ3) is 3.60. The molecule has 1 aromatic carbocycles. The van der Waals surface area contributed by atoms with E-state index in [4.69, 9.17) is 0 Å². The predicted molar refractivity (Wildman–Crippen MR) is 89.1 cm³/mol. The van der Waals surface area contributed by atoms with Crippen molar-refractivity contribution >= 4 is 21.8 Å². The number of sulfonamides is 1. The number of benzene rings is 1. The van der Waals surface area contributed by atoms with Crippen molar-refractivity contribution in [3.63, 3.8) is 0 Å². The van der Waals surface area contributed by atoms with Gasteiger partial charge in [0, 0.05) is 24.5 Å². The van der Waals surface area contributed by atoms with Crippen LogP contribution < -0.4 is 10.0 Å². The Morgan fingerprint density at radius 1 is 1.21 bits per heavy atom. The molecule has 3 rings (SSSR count). The highest BCUT2D eigenvalue weighted by Gasteiger charge is 2.30. The van der Waals surface area contributed by atoms with Crippen molar-refractivity contribution in [2.45, 2.75) is 11.3 Å². The van der Waals surface area contributed by atoms with Crippen molar-refractivity contribution in [3.05, 3.63) is 59.9 Å². The van der Waals surface area contributed by atoms with Gasteiger partial charge >= 0.3 is 0 Å². The molecular formula is C16H16N4O3S. The second-order valence-corrected chi connectivity index (χ2v) is 6.88. The number of fused-ring (bicyclic) bond motifs is 1. The minimum absolute atomic E-state index is 0.140. The molecule has 7 nitrogen and oxygen atoms in total. The Balaban J connectivity index is 1.57. The van der Waals surface area contributed by atoms with Crippen molar-refractivity contribution < 1.29 is 13.2 Å². The first-order chi connectivity index (χ1) is 11.6. The van der Waals surface area contributed by atoms with Crippen LogP contribution in [0.4, 0.5) is 0 Å². The number of carbonyl (C=O) groups excluding carboxylic acids is 1. The van der Waals surface area contributed by atoms with Gasteiger partial charge in [0.2, 0.25) is 5.91 Å². The lowest BCUT2D eigenvalue weighted by Gasteiger charge is -2.04. The van der Waals surface area contributed by atoms with E-state index >= 15 is 0 Å². The van der Waals surface area contributed by atoms with E-state index in [0.29, 0.717) is 18.5 Å². The highest BCUT2D eigenvalue weighted by atomic mass is 32.2. The average Bonchev–Trinajstić information content (AvgIpc) is 2.85. The van der Waals surface area contributed by atoms with Gasteiger partial charge in [-0.25, -0.2) is 8.42 Å². The molecule has 1 aliphatic rings. The molecule has 0 unspecified atom stereocenters. The van der Waals surface area contributed by atoms with E-state index in [1.807, 2.05) is 12.1 Å². The largest absolute Gasteiger partial charge is 0.354 e. The molecule has 0 bridgehead atoms. The maximum Gasteiger partial charge on any atom is 0.263 e. The summed E-state index contributed by atoms with van der Waals surface area (Å²) in [5.41, 5.74) is 1.52. The smallest absolute Gasteiger partial charge is 0.263 e. The summed E-state index contributed by atoms with van der Waals surface area (Å²) >= 11 is 0. The molecule has 1 aliphatic heterocycles. The number of hydrogen-bond donors (Lipinski definition) is 2. The van der Waals surface area contributed by atoms with Crippen LogP contribution in [0.3, 0.4) is 0 Å². The Labute approximate surface area is 139 Å². The standard InChI is InChI=1S/C16H16N4O3S/c21-15(18-9-7-12-4-3-8-17-10-12)11-19-16-13-5-1-2-6-14(13)24(22,23)20-16/h1-6,8,10H,7,9,11H2,(H,18,21)(H,19,20). The zero-order valence-electron chi connectivity index (χ0n) is 12.8. The van der Waals surface area contributed by atoms with Crippen LogP contribution in [0, 0.1) is 0 Å². The van der Waals surface area contributed by atoms with Crippen LogP contribution >= 0.6 is 0 Å². The van der Waals surface area contributed by atoms with Gasteiger partial charge in [0.25, 0.3) is 10.0 Å². The number of nitrogens with one attached hydrogen (secondary N) is 2. The number of amides is 1. The van der Waals surface area contributed by atoms with Gasteiger partial charge in [0.1, 0.15) is 12.4 Å². The number of amidine groups is 1. The van der Waals surface area contributed by atoms with Gasteiger partial charge in [-0.2, -0.15) is 0 Å².